The van der Waals surface area contributed by atoms with Gasteiger partial charge in [0.1, 0.15) is 0 Å². The van der Waals surface area contributed by atoms with E-state index in [2.05, 4.69) is 30.3 Å². The second kappa shape index (κ2) is 4.30. The van der Waals surface area contributed by atoms with Crippen molar-refractivity contribution in [3.8, 4) is 11.1 Å². The highest BCUT2D eigenvalue weighted by atomic mass is 16.4. The molecule has 0 bridgehead atoms. The molecule has 0 unspecified atom stereocenters. The van der Waals surface area contributed by atoms with Gasteiger partial charge in [0.2, 0.25) is 0 Å². The van der Waals surface area contributed by atoms with Gasteiger partial charge in [0.25, 0.3) is 0 Å². The molecule has 0 saturated carbocycles. The molecule has 0 saturated heterocycles. The van der Waals surface area contributed by atoms with Crippen molar-refractivity contribution >= 4 is 5.97 Å². The number of benzene rings is 2. The number of aliphatic carboxylic acids is 1. The van der Waals surface area contributed by atoms with Crippen LogP contribution in [0.5, 0.6) is 0 Å². The number of rotatable bonds is 3. The van der Waals surface area contributed by atoms with Crippen molar-refractivity contribution in [2.45, 2.75) is 19.3 Å². The Labute approximate surface area is 106 Å². The van der Waals surface area contributed by atoms with E-state index < -0.39 is 5.97 Å². The van der Waals surface area contributed by atoms with Gasteiger partial charge in [0, 0.05) is 6.42 Å². The van der Waals surface area contributed by atoms with Crippen molar-refractivity contribution in [2.24, 2.45) is 0 Å². The van der Waals surface area contributed by atoms with Gasteiger partial charge in [-0.05, 0) is 40.7 Å². The van der Waals surface area contributed by atoms with Crippen LogP contribution in [-0.4, -0.2) is 11.1 Å². The summed E-state index contributed by atoms with van der Waals surface area (Å²) in [5.41, 5.74) is 6.39. The van der Waals surface area contributed by atoms with Gasteiger partial charge < -0.3 is 5.11 Å². The van der Waals surface area contributed by atoms with E-state index in [1.54, 1.807) is 0 Å². The lowest BCUT2D eigenvalue weighted by Gasteiger charge is -2.07. The number of carbonyl (C=O) groups is 1. The molecule has 2 aromatic carbocycles. The third kappa shape index (κ3) is 1.80. The van der Waals surface area contributed by atoms with E-state index in [0.717, 1.165) is 6.42 Å². The normalized spacial score (nSPS) is 12.0. The van der Waals surface area contributed by atoms with Crippen molar-refractivity contribution < 1.29 is 9.90 Å². The third-order valence-corrected chi connectivity index (χ3v) is 3.56. The van der Waals surface area contributed by atoms with E-state index in [-0.39, 0.29) is 6.42 Å². The third-order valence-electron chi connectivity index (χ3n) is 3.56. The smallest absolute Gasteiger partial charge is 0.303 e. The standard InChI is InChI=1S/C16H14O2/c17-16(18)9-8-11-5-3-7-14-13-6-2-1-4-12(13)10-15(11)14/h1-7H,8-10H2,(H,17,18). The van der Waals surface area contributed by atoms with Crippen LogP contribution >= 0.6 is 0 Å². The summed E-state index contributed by atoms with van der Waals surface area (Å²) in [6, 6.07) is 14.6. The van der Waals surface area contributed by atoms with Crippen molar-refractivity contribution in [3.05, 3.63) is 59.2 Å². The van der Waals surface area contributed by atoms with Crippen LogP contribution in [0.3, 0.4) is 0 Å². The molecule has 2 nitrogen and oxygen atoms in total. The molecule has 0 aliphatic heterocycles. The second-order valence-electron chi connectivity index (χ2n) is 4.67. The summed E-state index contributed by atoms with van der Waals surface area (Å²) < 4.78 is 0. The number of carboxylic acid groups (broad SMARTS) is 1. The first-order valence-corrected chi connectivity index (χ1v) is 6.16. The monoisotopic (exact) mass is 238 g/mol. The number of hydrogen-bond acceptors (Lipinski definition) is 1. The van der Waals surface area contributed by atoms with Crippen LogP contribution in [0.4, 0.5) is 0 Å². The lowest BCUT2D eigenvalue weighted by atomic mass is 9.98. The highest BCUT2D eigenvalue weighted by Gasteiger charge is 2.20. The highest BCUT2D eigenvalue weighted by Crippen LogP contribution is 2.38. The van der Waals surface area contributed by atoms with Gasteiger partial charge in [-0.1, -0.05) is 42.5 Å². The molecule has 3 rings (SSSR count). The fourth-order valence-corrected chi connectivity index (χ4v) is 2.70. The highest BCUT2D eigenvalue weighted by molar-refractivity contribution is 5.78. The van der Waals surface area contributed by atoms with Crippen LogP contribution in [-0.2, 0) is 17.6 Å². The molecule has 90 valence electrons. The zero-order valence-electron chi connectivity index (χ0n) is 10.0. The summed E-state index contributed by atoms with van der Waals surface area (Å²) in [5.74, 6) is -0.733. The first kappa shape index (κ1) is 11.0. The van der Waals surface area contributed by atoms with E-state index in [4.69, 9.17) is 5.11 Å². The van der Waals surface area contributed by atoms with E-state index in [9.17, 15) is 4.79 Å². The van der Waals surface area contributed by atoms with E-state index in [1.807, 2.05) is 12.1 Å². The van der Waals surface area contributed by atoms with Gasteiger partial charge in [0.15, 0.2) is 0 Å². The molecule has 0 atom stereocenters. The average Bonchev–Trinajstić information content (AvgIpc) is 2.75. The van der Waals surface area contributed by atoms with Gasteiger partial charge >= 0.3 is 5.97 Å². The predicted octanol–water partition coefficient (Wildman–Crippen LogP) is 3.28. The fourth-order valence-electron chi connectivity index (χ4n) is 2.70. The van der Waals surface area contributed by atoms with Crippen molar-refractivity contribution in [2.75, 3.05) is 0 Å². The first-order chi connectivity index (χ1) is 8.75. The SMILES string of the molecule is O=C(O)CCc1cccc2c1Cc1ccccc1-2. The molecule has 0 spiro atoms. The van der Waals surface area contributed by atoms with Crippen LogP contribution in [0.2, 0.25) is 0 Å². The summed E-state index contributed by atoms with van der Waals surface area (Å²) in [6.07, 6.45) is 1.75. The van der Waals surface area contributed by atoms with Crippen LogP contribution in [0.15, 0.2) is 42.5 Å². The molecule has 0 fully saturated rings. The van der Waals surface area contributed by atoms with Crippen LogP contribution < -0.4 is 0 Å². The van der Waals surface area contributed by atoms with E-state index >= 15 is 0 Å². The van der Waals surface area contributed by atoms with Gasteiger partial charge in [-0.3, -0.25) is 4.79 Å². The molecular weight excluding hydrogens is 224 g/mol. The maximum Gasteiger partial charge on any atom is 0.303 e. The fraction of sp³-hybridized carbons (Fsp3) is 0.188. The van der Waals surface area contributed by atoms with Gasteiger partial charge in [-0.25, -0.2) is 0 Å². The molecule has 0 aromatic heterocycles. The minimum Gasteiger partial charge on any atom is -0.481 e. The Hall–Kier alpha value is -2.09. The summed E-state index contributed by atoms with van der Waals surface area (Å²) >= 11 is 0. The first-order valence-electron chi connectivity index (χ1n) is 6.16. The largest absolute Gasteiger partial charge is 0.481 e. The maximum absolute atomic E-state index is 10.7. The topological polar surface area (TPSA) is 37.3 Å². The summed E-state index contributed by atoms with van der Waals surface area (Å²) in [4.78, 5) is 10.7. The maximum atomic E-state index is 10.7. The number of carboxylic acids is 1. The van der Waals surface area contributed by atoms with Crippen molar-refractivity contribution in [3.63, 3.8) is 0 Å². The lowest BCUT2D eigenvalue weighted by Crippen LogP contribution is -2.00. The minimum atomic E-state index is -0.733. The summed E-state index contributed by atoms with van der Waals surface area (Å²) in [5, 5.41) is 8.80. The second-order valence-corrected chi connectivity index (χ2v) is 4.67. The lowest BCUT2D eigenvalue weighted by molar-refractivity contribution is -0.136. The molecule has 0 heterocycles. The van der Waals surface area contributed by atoms with Crippen LogP contribution in [0, 0.1) is 0 Å². The predicted molar refractivity (Wildman–Crippen MR) is 70.6 cm³/mol. The Morgan fingerprint density at radius 3 is 2.67 bits per heavy atom. The van der Waals surface area contributed by atoms with Crippen LogP contribution in [0.25, 0.3) is 11.1 Å². The molecule has 1 aliphatic carbocycles. The Morgan fingerprint density at radius 1 is 1.06 bits per heavy atom. The molecule has 1 aliphatic rings. The minimum absolute atomic E-state index is 0.201. The molecule has 2 aromatic rings. The van der Waals surface area contributed by atoms with Crippen molar-refractivity contribution in [1.82, 2.24) is 0 Å². The number of aryl methyl sites for hydroxylation is 1. The van der Waals surface area contributed by atoms with Gasteiger partial charge in [0.05, 0.1) is 0 Å². The Kier molecular flexibility index (Phi) is 2.63. The molecule has 2 heteroatoms. The van der Waals surface area contributed by atoms with Gasteiger partial charge in [-0.2, -0.15) is 0 Å². The van der Waals surface area contributed by atoms with E-state index in [1.165, 1.54) is 27.8 Å². The zero-order valence-corrected chi connectivity index (χ0v) is 10.0. The van der Waals surface area contributed by atoms with Crippen LogP contribution in [0.1, 0.15) is 23.1 Å². The Balaban J connectivity index is 2.00. The summed E-state index contributed by atoms with van der Waals surface area (Å²) in [6.45, 7) is 0. The van der Waals surface area contributed by atoms with Gasteiger partial charge in [-0.15, -0.1) is 0 Å². The quantitative estimate of drug-likeness (QED) is 0.760. The summed E-state index contributed by atoms with van der Waals surface area (Å²) in [7, 11) is 0. The van der Waals surface area contributed by atoms with E-state index in [0.29, 0.717) is 6.42 Å². The Morgan fingerprint density at radius 2 is 1.83 bits per heavy atom. The zero-order chi connectivity index (χ0) is 12.5. The average molecular weight is 238 g/mol. The molecule has 0 amide bonds. The molecule has 0 radical (unpaired) electrons. The molecular formula is C16H14O2. The Bertz CT molecular complexity index is 614. The molecule has 1 N–H and O–H groups in total. The number of fused-ring (bicyclic) bond motifs is 3. The number of hydrogen-bond donors (Lipinski definition) is 1. The van der Waals surface area contributed by atoms with Crippen molar-refractivity contribution in [1.29, 1.82) is 0 Å². The molecule has 18 heavy (non-hydrogen) atoms.